The van der Waals surface area contributed by atoms with Gasteiger partial charge < -0.3 is 15.1 Å². The molecule has 1 N–H and O–H groups in total. The van der Waals surface area contributed by atoms with Crippen molar-refractivity contribution in [1.29, 1.82) is 0 Å². The summed E-state index contributed by atoms with van der Waals surface area (Å²) in [5.41, 5.74) is -0.0547. The summed E-state index contributed by atoms with van der Waals surface area (Å²) in [6.45, 7) is 0. The Kier molecular flexibility index (Phi) is 2.91. The quantitative estimate of drug-likeness (QED) is 0.645. The number of carboxylic acid groups (broad SMARTS) is 1. The fraction of sp³-hybridized carbons (Fsp3) is 0. The van der Waals surface area contributed by atoms with Crippen LogP contribution in [0.3, 0.4) is 0 Å². The number of benzene rings is 1. The zero-order valence-corrected chi connectivity index (χ0v) is 8.74. The van der Waals surface area contributed by atoms with Gasteiger partial charge in [0.1, 0.15) is 11.3 Å². The second kappa shape index (κ2) is 4.52. The predicted octanol–water partition coefficient (Wildman–Crippen LogP) is 1.81. The second-order valence-electron chi connectivity index (χ2n) is 3.30. The first-order valence-electron chi connectivity index (χ1n) is 4.86. The number of hydrogen-bond donors (Lipinski definition) is 1. The number of hydrogen-bond acceptors (Lipinski definition) is 3. The molecule has 0 aliphatic heterocycles. The van der Waals surface area contributed by atoms with E-state index in [2.05, 4.69) is 0 Å². The van der Waals surface area contributed by atoms with Gasteiger partial charge in [-0.2, -0.15) is 4.73 Å². The van der Waals surface area contributed by atoms with Crippen molar-refractivity contribution < 1.29 is 19.4 Å². The van der Waals surface area contributed by atoms with Crippen molar-refractivity contribution in [1.82, 2.24) is 0 Å². The zero-order chi connectivity index (χ0) is 12.3. The fourth-order valence-corrected chi connectivity index (χ4v) is 1.33. The van der Waals surface area contributed by atoms with Crippen molar-refractivity contribution in [3.05, 3.63) is 59.6 Å². The van der Waals surface area contributed by atoms with E-state index in [1.807, 2.05) is 6.07 Å². The molecular weight excluding hydrogens is 222 g/mol. The molecule has 0 unspecified atom stereocenters. The molecule has 0 spiro atoms. The van der Waals surface area contributed by atoms with Gasteiger partial charge in [0, 0.05) is 6.07 Å². The number of nitrogens with zero attached hydrogens (tertiary/aromatic N) is 1. The average Bonchev–Trinajstić information content (AvgIpc) is 2.30. The maximum absolute atomic E-state index is 11.1. The number of carboxylic acids is 1. The summed E-state index contributed by atoms with van der Waals surface area (Å²) < 4.78 is 5.84. The molecule has 2 aromatic rings. The summed E-state index contributed by atoms with van der Waals surface area (Å²) in [6, 6.07) is 9.87. The van der Waals surface area contributed by atoms with Crippen LogP contribution in [0.15, 0.2) is 48.8 Å². The van der Waals surface area contributed by atoms with E-state index < -0.39 is 5.97 Å². The van der Waals surface area contributed by atoms with E-state index in [4.69, 9.17) is 9.84 Å². The number of aromatic carboxylic acids is 1. The van der Waals surface area contributed by atoms with Crippen LogP contribution in [-0.2, 0) is 0 Å². The smallest absolute Gasteiger partial charge is 0.339 e. The summed E-state index contributed by atoms with van der Waals surface area (Å²) in [5, 5.41) is 20.0. The van der Waals surface area contributed by atoms with E-state index in [0.717, 1.165) is 12.4 Å². The molecule has 86 valence electrons. The molecular formula is C12H9NO4. The van der Waals surface area contributed by atoms with Crippen LogP contribution >= 0.6 is 0 Å². The van der Waals surface area contributed by atoms with E-state index in [0.29, 0.717) is 10.5 Å². The summed E-state index contributed by atoms with van der Waals surface area (Å²) in [4.78, 5) is 10.9. The summed E-state index contributed by atoms with van der Waals surface area (Å²) in [5.74, 6) is -0.654. The minimum Gasteiger partial charge on any atom is -0.619 e. The molecule has 0 atom stereocenters. The van der Waals surface area contributed by atoms with Crippen LogP contribution in [0.2, 0.25) is 0 Å². The lowest BCUT2D eigenvalue weighted by molar-refractivity contribution is -0.605. The molecule has 5 heteroatoms. The normalized spacial score (nSPS) is 9.88. The van der Waals surface area contributed by atoms with Crippen molar-refractivity contribution in [3.8, 4) is 11.5 Å². The third-order valence-corrected chi connectivity index (χ3v) is 2.10. The Labute approximate surface area is 97.1 Å². The SMILES string of the molecule is O=C(O)c1cc[n+]([O-])cc1Oc1ccccc1. The molecule has 2 rings (SSSR count). The molecule has 1 aromatic carbocycles. The van der Waals surface area contributed by atoms with Gasteiger partial charge in [-0.15, -0.1) is 0 Å². The lowest BCUT2D eigenvalue weighted by Gasteiger charge is -2.07. The van der Waals surface area contributed by atoms with Crippen LogP contribution in [0.25, 0.3) is 0 Å². The second-order valence-corrected chi connectivity index (χ2v) is 3.30. The number of rotatable bonds is 3. The van der Waals surface area contributed by atoms with Gasteiger partial charge in [-0.05, 0) is 12.1 Å². The minimum atomic E-state index is -1.14. The van der Waals surface area contributed by atoms with Gasteiger partial charge in [0.25, 0.3) is 0 Å². The Balaban J connectivity index is 2.37. The highest BCUT2D eigenvalue weighted by molar-refractivity contribution is 5.90. The maximum Gasteiger partial charge on any atom is 0.339 e. The van der Waals surface area contributed by atoms with Gasteiger partial charge in [-0.25, -0.2) is 4.79 Å². The van der Waals surface area contributed by atoms with E-state index in [1.165, 1.54) is 6.07 Å². The molecule has 0 bridgehead atoms. The van der Waals surface area contributed by atoms with E-state index in [1.54, 1.807) is 24.3 Å². The summed E-state index contributed by atoms with van der Waals surface area (Å²) >= 11 is 0. The lowest BCUT2D eigenvalue weighted by atomic mass is 10.2. The van der Waals surface area contributed by atoms with Crippen molar-refractivity contribution in [2.75, 3.05) is 0 Å². The first-order chi connectivity index (χ1) is 8.16. The maximum atomic E-state index is 11.1. The molecule has 0 fully saturated rings. The number of aromatic nitrogens is 1. The van der Waals surface area contributed by atoms with Crippen molar-refractivity contribution >= 4 is 5.97 Å². The van der Waals surface area contributed by atoms with Gasteiger partial charge in [-0.3, -0.25) is 0 Å². The minimum absolute atomic E-state index is 0.0150. The van der Waals surface area contributed by atoms with Crippen LogP contribution < -0.4 is 9.47 Å². The fourth-order valence-electron chi connectivity index (χ4n) is 1.33. The van der Waals surface area contributed by atoms with Crippen LogP contribution in [0.4, 0.5) is 0 Å². The van der Waals surface area contributed by atoms with Crippen LogP contribution in [0.1, 0.15) is 10.4 Å². The third-order valence-electron chi connectivity index (χ3n) is 2.10. The summed E-state index contributed by atoms with van der Waals surface area (Å²) in [6.07, 6.45) is 2.19. The molecule has 17 heavy (non-hydrogen) atoms. The number of carbonyl (C=O) groups is 1. The van der Waals surface area contributed by atoms with Gasteiger partial charge in [-0.1, -0.05) is 18.2 Å². The topological polar surface area (TPSA) is 73.5 Å². The van der Waals surface area contributed by atoms with Crippen LogP contribution in [0.5, 0.6) is 11.5 Å². The monoisotopic (exact) mass is 231 g/mol. The Hall–Kier alpha value is -2.56. The molecule has 0 saturated carbocycles. The molecule has 0 aliphatic rings. The van der Waals surface area contributed by atoms with Gasteiger partial charge in [0.2, 0.25) is 11.9 Å². The van der Waals surface area contributed by atoms with Crippen LogP contribution in [0, 0.1) is 5.21 Å². The summed E-state index contributed by atoms with van der Waals surface area (Å²) in [7, 11) is 0. The van der Waals surface area contributed by atoms with Crippen molar-refractivity contribution in [2.45, 2.75) is 0 Å². The molecule has 1 heterocycles. The number of ether oxygens (including phenoxy) is 1. The molecule has 5 nitrogen and oxygen atoms in total. The molecule has 0 saturated heterocycles. The van der Waals surface area contributed by atoms with Crippen molar-refractivity contribution in [3.63, 3.8) is 0 Å². The highest BCUT2D eigenvalue weighted by Gasteiger charge is 2.15. The first kappa shape index (κ1) is 10.9. The third kappa shape index (κ3) is 2.52. The molecule has 1 aromatic heterocycles. The molecule has 0 aliphatic carbocycles. The van der Waals surface area contributed by atoms with E-state index in [9.17, 15) is 10.0 Å². The lowest BCUT2D eigenvalue weighted by Crippen LogP contribution is -2.25. The first-order valence-corrected chi connectivity index (χ1v) is 4.86. The van der Waals surface area contributed by atoms with Gasteiger partial charge in [0.05, 0.1) is 0 Å². The molecule has 0 amide bonds. The Morgan fingerprint density at radius 1 is 1.24 bits per heavy atom. The van der Waals surface area contributed by atoms with E-state index in [-0.39, 0.29) is 11.3 Å². The van der Waals surface area contributed by atoms with E-state index >= 15 is 0 Å². The Bertz CT molecular complexity index is 539. The predicted molar refractivity (Wildman–Crippen MR) is 58.9 cm³/mol. The highest BCUT2D eigenvalue weighted by Crippen LogP contribution is 2.23. The highest BCUT2D eigenvalue weighted by atomic mass is 16.5. The zero-order valence-electron chi connectivity index (χ0n) is 8.74. The Morgan fingerprint density at radius 2 is 1.94 bits per heavy atom. The van der Waals surface area contributed by atoms with Crippen LogP contribution in [-0.4, -0.2) is 11.1 Å². The standard InChI is InChI=1S/C12H9NO4/c14-12(15)10-6-7-13(16)8-11(10)17-9-4-2-1-3-5-9/h1-8H,(H,14,15). The molecule has 0 radical (unpaired) electrons. The average molecular weight is 231 g/mol. The van der Waals surface area contributed by atoms with Gasteiger partial charge >= 0.3 is 5.97 Å². The Morgan fingerprint density at radius 3 is 2.59 bits per heavy atom. The van der Waals surface area contributed by atoms with Gasteiger partial charge in [0.15, 0.2) is 6.20 Å². The number of pyridine rings is 1. The largest absolute Gasteiger partial charge is 0.619 e. The number of para-hydroxylation sites is 1. The van der Waals surface area contributed by atoms with Crippen molar-refractivity contribution in [2.24, 2.45) is 0 Å².